The lowest BCUT2D eigenvalue weighted by Crippen LogP contribution is -2.29. The molecule has 3 heteroatoms. The van der Waals surface area contributed by atoms with Crippen LogP contribution in [0.25, 0.3) is 0 Å². The first-order valence-corrected chi connectivity index (χ1v) is 7.22. The van der Waals surface area contributed by atoms with Crippen LogP contribution in [-0.4, -0.2) is 12.8 Å². The lowest BCUT2D eigenvalue weighted by atomic mass is 10.0. The van der Waals surface area contributed by atoms with Gasteiger partial charge in [-0.25, -0.2) is 0 Å². The summed E-state index contributed by atoms with van der Waals surface area (Å²) in [5.41, 5.74) is 1.25. The fourth-order valence-corrected chi connectivity index (χ4v) is 2.37. The van der Waals surface area contributed by atoms with E-state index in [2.05, 4.69) is 45.1 Å². The van der Waals surface area contributed by atoms with Crippen LogP contribution in [0.5, 0.6) is 11.5 Å². The summed E-state index contributed by atoms with van der Waals surface area (Å²) in [5.74, 6) is 2.48. The molecule has 0 fully saturated rings. The summed E-state index contributed by atoms with van der Waals surface area (Å²) in [6.45, 7) is 9.34. The smallest absolute Gasteiger partial charge is 0.231 e. The number of ether oxygens (including phenoxy) is 2. The van der Waals surface area contributed by atoms with Gasteiger partial charge >= 0.3 is 0 Å². The summed E-state index contributed by atoms with van der Waals surface area (Å²) >= 11 is 0. The highest BCUT2D eigenvalue weighted by molar-refractivity contribution is 5.45. The molecule has 1 aromatic carbocycles. The molecule has 1 aromatic rings. The van der Waals surface area contributed by atoms with Gasteiger partial charge < -0.3 is 14.8 Å². The van der Waals surface area contributed by atoms with Crippen LogP contribution in [0.4, 0.5) is 0 Å². The Bertz CT molecular complexity index is 417. The van der Waals surface area contributed by atoms with Crippen LogP contribution in [0.15, 0.2) is 18.2 Å². The normalized spacial score (nSPS) is 16.7. The standard InChI is InChI=1S/C16H25NO2/c1-11(2)5-6-12(3)17-13(4)14-7-8-15-16(9-14)19-10-18-15/h7-9,11-13,17H,5-6,10H2,1-4H3. The molecule has 2 unspecified atom stereocenters. The molecule has 0 bridgehead atoms. The predicted molar refractivity (Wildman–Crippen MR) is 77.6 cm³/mol. The predicted octanol–water partition coefficient (Wildman–Crippen LogP) is 3.89. The van der Waals surface area contributed by atoms with Crippen molar-refractivity contribution in [1.82, 2.24) is 5.32 Å². The van der Waals surface area contributed by atoms with Gasteiger partial charge in [0.15, 0.2) is 11.5 Å². The van der Waals surface area contributed by atoms with E-state index in [1.54, 1.807) is 0 Å². The van der Waals surface area contributed by atoms with Gasteiger partial charge in [0.2, 0.25) is 6.79 Å². The minimum absolute atomic E-state index is 0.330. The van der Waals surface area contributed by atoms with Crippen molar-refractivity contribution < 1.29 is 9.47 Å². The fourth-order valence-electron chi connectivity index (χ4n) is 2.37. The summed E-state index contributed by atoms with van der Waals surface area (Å²) in [5, 5.41) is 3.65. The summed E-state index contributed by atoms with van der Waals surface area (Å²) in [7, 11) is 0. The molecular formula is C16H25NO2. The van der Waals surface area contributed by atoms with E-state index in [1.807, 2.05) is 6.07 Å². The average Bonchev–Trinajstić information content (AvgIpc) is 2.83. The maximum atomic E-state index is 5.42. The Morgan fingerprint density at radius 2 is 1.79 bits per heavy atom. The number of hydrogen-bond acceptors (Lipinski definition) is 3. The molecule has 19 heavy (non-hydrogen) atoms. The van der Waals surface area contributed by atoms with E-state index < -0.39 is 0 Å². The number of nitrogens with one attached hydrogen (secondary N) is 1. The Kier molecular flexibility index (Phi) is 4.70. The van der Waals surface area contributed by atoms with Gasteiger partial charge in [-0.1, -0.05) is 19.9 Å². The van der Waals surface area contributed by atoms with Crippen molar-refractivity contribution in [2.75, 3.05) is 6.79 Å². The van der Waals surface area contributed by atoms with Crippen molar-refractivity contribution >= 4 is 0 Å². The van der Waals surface area contributed by atoms with E-state index in [4.69, 9.17) is 9.47 Å². The van der Waals surface area contributed by atoms with E-state index in [9.17, 15) is 0 Å². The molecule has 0 aliphatic carbocycles. The van der Waals surface area contributed by atoms with Crippen molar-refractivity contribution in [3.8, 4) is 11.5 Å². The monoisotopic (exact) mass is 263 g/mol. The number of rotatable bonds is 6. The lowest BCUT2D eigenvalue weighted by Gasteiger charge is -2.21. The van der Waals surface area contributed by atoms with E-state index in [0.717, 1.165) is 17.4 Å². The molecule has 106 valence electrons. The van der Waals surface area contributed by atoms with Crippen molar-refractivity contribution in [3.63, 3.8) is 0 Å². The number of fused-ring (bicyclic) bond motifs is 1. The zero-order valence-corrected chi connectivity index (χ0v) is 12.4. The second-order valence-electron chi connectivity index (χ2n) is 5.87. The molecule has 0 radical (unpaired) electrons. The molecule has 0 saturated carbocycles. The fraction of sp³-hybridized carbons (Fsp3) is 0.625. The van der Waals surface area contributed by atoms with E-state index >= 15 is 0 Å². The van der Waals surface area contributed by atoms with Gasteiger partial charge in [-0.15, -0.1) is 0 Å². The first kappa shape index (κ1) is 14.2. The summed E-state index contributed by atoms with van der Waals surface area (Å²) < 4.78 is 10.8. The number of benzene rings is 1. The van der Waals surface area contributed by atoms with E-state index in [1.165, 1.54) is 18.4 Å². The van der Waals surface area contributed by atoms with Crippen LogP contribution in [0.1, 0.15) is 52.1 Å². The van der Waals surface area contributed by atoms with Crippen LogP contribution in [0, 0.1) is 5.92 Å². The highest BCUT2D eigenvalue weighted by atomic mass is 16.7. The van der Waals surface area contributed by atoms with E-state index in [0.29, 0.717) is 18.9 Å². The van der Waals surface area contributed by atoms with E-state index in [-0.39, 0.29) is 0 Å². The van der Waals surface area contributed by atoms with Crippen LogP contribution in [-0.2, 0) is 0 Å². The molecule has 0 amide bonds. The average molecular weight is 263 g/mol. The molecular weight excluding hydrogens is 238 g/mol. The minimum Gasteiger partial charge on any atom is -0.454 e. The van der Waals surface area contributed by atoms with Gasteiger partial charge in [-0.05, 0) is 50.3 Å². The second kappa shape index (κ2) is 6.29. The van der Waals surface area contributed by atoms with Crippen molar-refractivity contribution in [2.45, 2.75) is 52.6 Å². The highest BCUT2D eigenvalue weighted by Gasteiger charge is 2.16. The largest absolute Gasteiger partial charge is 0.454 e. The van der Waals surface area contributed by atoms with Crippen molar-refractivity contribution in [1.29, 1.82) is 0 Å². The molecule has 2 rings (SSSR count). The molecule has 0 aromatic heterocycles. The Morgan fingerprint density at radius 1 is 1.05 bits per heavy atom. The molecule has 0 spiro atoms. The van der Waals surface area contributed by atoms with Gasteiger partial charge in [-0.2, -0.15) is 0 Å². The quantitative estimate of drug-likeness (QED) is 0.844. The van der Waals surface area contributed by atoms with Crippen LogP contribution >= 0.6 is 0 Å². The van der Waals surface area contributed by atoms with Crippen LogP contribution < -0.4 is 14.8 Å². The lowest BCUT2D eigenvalue weighted by molar-refractivity contribution is 0.174. The minimum atomic E-state index is 0.330. The molecule has 2 atom stereocenters. The van der Waals surface area contributed by atoms with Gasteiger partial charge in [0.05, 0.1) is 0 Å². The Balaban J connectivity index is 1.90. The maximum absolute atomic E-state index is 5.42. The van der Waals surface area contributed by atoms with Gasteiger partial charge in [-0.3, -0.25) is 0 Å². The van der Waals surface area contributed by atoms with Gasteiger partial charge in [0.25, 0.3) is 0 Å². The summed E-state index contributed by atoms with van der Waals surface area (Å²) in [6.07, 6.45) is 2.48. The zero-order chi connectivity index (χ0) is 13.8. The molecule has 0 saturated heterocycles. The van der Waals surface area contributed by atoms with Crippen LogP contribution in [0.2, 0.25) is 0 Å². The highest BCUT2D eigenvalue weighted by Crippen LogP contribution is 2.34. The van der Waals surface area contributed by atoms with Crippen molar-refractivity contribution in [3.05, 3.63) is 23.8 Å². The first-order valence-electron chi connectivity index (χ1n) is 7.22. The van der Waals surface area contributed by atoms with Gasteiger partial charge in [0.1, 0.15) is 0 Å². The summed E-state index contributed by atoms with van der Waals surface area (Å²) in [4.78, 5) is 0. The third kappa shape index (κ3) is 3.87. The molecule has 1 aliphatic heterocycles. The topological polar surface area (TPSA) is 30.5 Å². The number of hydrogen-bond donors (Lipinski definition) is 1. The molecule has 1 heterocycles. The summed E-state index contributed by atoms with van der Waals surface area (Å²) in [6, 6.07) is 7.05. The van der Waals surface area contributed by atoms with Gasteiger partial charge in [0, 0.05) is 12.1 Å². The van der Waals surface area contributed by atoms with Crippen LogP contribution in [0.3, 0.4) is 0 Å². The zero-order valence-electron chi connectivity index (χ0n) is 12.4. The first-order chi connectivity index (χ1) is 9.06. The Morgan fingerprint density at radius 3 is 2.53 bits per heavy atom. The Labute approximate surface area is 116 Å². The Hall–Kier alpha value is -1.22. The molecule has 3 nitrogen and oxygen atoms in total. The third-order valence-corrected chi connectivity index (χ3v) is 3.61. The molecule has 1 N–H and O–H groups in total. The SMILES string of the molecule is CC(C)CCC(C)NC(C)c1ccc2c(c1)OCO2. The van der Waals surface area contributed by atoms with Crippen molar-refractivity contribution in [2.24, 2.45) is 5.92 Å². The second-order valence-corrected chi connectivity index (χ2v) is 5.87. The molecule has 1 aliphatic rings. The maximum Gasteiger partial charge on any atom is 0.231 e. The third-order valence-electron chi connectivity index (χ3n) is 3.61.